The van der Waals surface area contributed by atoms with Crippen LogP contribution in [0, 0.1) is 6.92 Å². The lowest BCUT2D eigenvalue weighted by Crippen LogP contribution is -2.35. The van der Waals surface area contributed by atoms with E-state index in [9.17, 15) is 13.2 Å². The van der Waals surface area contributed by atoms with Gasteiger partial charge in [0.25, 0.3) is 0 Å². The summed E-state index contributed by atoms with van der Waals surface area (Å²) in [5.41, 5.74) is 1.77. The molecular formula is C18H22N2O4S. The average Bonchev–Trinajstić information content (AvgIpc) is 2.59. The van der Waals surface area contributed by atoms with Crippen molar-refractivity contribution in [2.45, 2.75) is 18.2 Å². The second-order valence-electron chi connectivity index (χ2n) is 5.55. The van der Waals surface area contributed by atoms with E-state index in [1.165, 1.54) is 0 Å². The SMILES string of the molecule is COc1ccccc1CC(=O)NCCNS(=O)(=O)c1ccc(C)cc1. The zero-order chi connectivity index (χ0) is 18.3. The molecule has 2 rings (SSSR count). The molecule has 0 aliphatic carbocycles. The van der Waals surface area contributed by atoms with Crippen LogP contribution in [0.3, 0.4) is 0 Å². The van der Waals surface area contributed by atoms with Crippen LogP contribution in [0.1, 0.15) is 11.1 Å². The maximum Gasteiger partial charge on any atom is 0.240 e. The van der Waals surface area contributed by atoms with E-state index in [1.54, 1.807) is 37.4 Å². The fourth-order valence-electron chi connectivity index (χ4n) is 2.27. The van der Waals surface area contributed by atoms with Gasteiger partial charge in [0.2, 0.25) is 15.9 Å². The summed E-state index contributed by atoms with van der Waals surface area (Å²) in [6.45, 7) is 2.22. The van der Waals surface area contributed by atoms with Crippen LogP contribution in [0.2, 0.25) is 0 Å². The van der Waals surface area contributed by atoms with Crippen molar-refractivity contribution in [2.75, 3.05) is 20.2 Å². The average molecular weight is 362 g/mol. The lowest BCUT2D eigenvalue weighted by Gasteiger charge is -2.10. The molecule has 0 aromatic heterocycles. The maximum atomic E-state index is 12.1. The number of methoxy groups -OCH3 is 1. The van der Waals surface area contributed by atoms with Gasteiger partial charge in [0.15, 0.2) is 0 Å². The number of amides is 1. The van der Waals surface area contributed by atoms with E-state index < -0.39 is 10.0 Å². The number of hydrogen-bond donors (Lipinski definition) is 2. The summed E-state index contributed by atoms with van der Waals surface area (Å²) in [5.74, 6) is 0.455. The monoisotopic (exact) mass is 362 g/mol. The summed E-state index contributed by atoms with van der Waals surface area (Å²) in [4.78, 5) is 12.2. The fourth-order valence-corrected chi connectivity index (χ4v) is 3.30. The van der Waals surface area contributed by atoms with Crippen LogP contribution in [-0.4, -0.2) is 34.5 Å². The van der Waals surface area contributed by atoms with Crippen LogP contribution < -0.4 is 14.8 Å². The van der Waals surface area contributed by atoms with Crippen molar-refractivity contribution in [3.05, 3.63) is 59.7 Å². The Bertz CT molecular complexity index is 817. The van der Waals surface area contributed by atoms with Gasteiger partial charge in [0.05, 0.1) is 18.4 Å². The standard InChI is InChI=1S/C18H22N2O4S/c1-14-7-9-16(10-8-14)25(22,23)20-12-11-19-18(21)13-15-5-3-4-6-17(15)24-2/h3-10,20H,11-13H2,1-2H3,(H,19,21). The number of hydrogen-bond acceptors (Lipinski definition) is 4. The molecule has 2 aromatic rings. The second kappa shape index (κ2) is 8.64. The van der Waals surface area contributed by atoms with Gasteiger partial charge in [-0.2, -0.15) is 0 Å². The molecular weight excluding hydrogens is 340 g/mol. The van der Waals surface area contributed by atoms with E-state index in [0.717, 1.165) is 11.1 Å². The van der Waals surface area contributed by atoms with Crippen LogP contribution in [0.4, 0.5) is 0 Å². The minimum absolute atomic E-state index is 0.119. The van der Waals surface area contributed by atoms with Gasteiger partial charge in [-0.15, -0.1) is 0 Å². The Hall–Kier alpha value is -2.38. The second-order valence-corrected chi connectivity index (χ2v) is 7.32. The number of rotatable bonds is 8. The number of aryl methyl sites for hydroxylation is 1. The number of sulfonamides is 1. The first-order valence-corrected chi connectivity index (χ1v) is 9.35. The molecule has 2 aromatic carbocycles. The van der Waals surface area contributed by atoms with Crippen molar-refractivity contribution in [2.24, 2.45) is 0 Å². The van der Waals surface area contributed by atoms with Gasteiger partial charge in [-0.05, 0) is 25.1 Å². The lowest BCUT2D eigenvalue weighted by molar-refractivity contribution is -0.120. The van der Waals surface area contributed by atoms with Gasteiger partial charge in [-0.3, -0.25) is 4.79 Å². The summed E-state index contributed by atoms with van der Waals surface area (Å²) in [6.07, 6.45) is 0.175. The number of carbonyl (C=O) groups excluding carboxylic acids is 1. The minimum atomic E-state index is -3.57. The number of nitrogens with one attached hydrogen (secondary N) is 2. The molecule has 2 N–H and O–H groups in total. The van der Waals surface area contributed by atoms with Crippen molar-refractivity contribution in [1.82, 2.24) is 10.0 Å². The number of carbonyl (C=O) groups is 1. The first kappa shape index (κ1) is 19.0. The molecule has 0 radical (unpaired) electrons. The van der Waals surface area contributed by atoms with Gasteiger partial charge in [-0.25, -0.2) is 13.1 Å². The normalized spacial score (nSPS) is 11.1. The molecule has 0 aliphatic rings. The van der Waals surface area contributed by atoms with E-state index in [-0.39, 0.29) is 30.3 Å². The number of benzene rings is 2. The Labute approximate surface area is 148 Å². The summed E-state index contributed by atoms with van der Waals surface area (Å²) < 4.78 is 31.9. The Balaban J connectivity index is 1.80. The van der Waals surface area contributed by atoms with E-state index in [0.29, 0.717) is 5.75 Å². The fraction of sp³-hybridized carbons (Fsp3) is 0.278. The molecule has 134 valence electrons. The molecule has 25 heavy (non-hydrogen) atoms. The molecule has 0 saturated heterocycles. The van der Waals surface area contributed by atoms with Gasteiger partial charge in [0.1, 0.15) is 5.75 Å². The zero-order valence-electron chi connectivity index (χ0n) is 14.3. The molecule has 0 atom stereocenters. The predicted octanol–water partition coefficient (Wildman–Crippen LogP) is 1.64. The van der Waals surface area contributed by atoms with Crippen molar-refractivity contribution in [1.29, 1.82) is 0 Å². The van der Waals surface area contributed by atoms with Crippen LogP contribution in [0.15, 0.2) is 53.4 Å². The highest BCUT2D eigenvalue weighted by Gasteiger charge is 2.13. The summed E-state index contributed by atoms with van der Waals surface area (Å²) in [7, 11) is -2.01. The minimum Gasteiger partial charge on any atom is -0.496 e. The highest BCUT2D eigenvalue weighted by molar-refractivity contribution is 7.89. The summed E-state index contributed by atoms with van der Waals surface area (Å²) in [6, 6.07) is 13.9. The third-order valence-corrected chi connectivity index (χ3v) is 5.09. The molecule has 0 aliphatic heterocycles. The molecule has 0 fully saturated rings. The molecule has 7 heteroatoms. The highest BCUT2D eigenvalue weighted by atomic mass is 32.2. The van der Waals surface area contributed by atoms with Crippen LogP contribution in [-0.2, 0) is 21.2 Å². The summed E-state index contributed by atoms with van der Waals surface area (Å²) >= 11 is 0. The summed E-state index contributed by atoms with van der Waals surface area (Å²) in [5, 5.41) is 2.69. The van der Waals surface area contributed by atoms with Gasteiger partial charge in [0, 0.05) is 18.7 Å². The molecule has 0 heterocycles. The Morgan fingerprint density at radius 1 is 1.04 bits per heavy atom. The maximum absolute atomic E-state index is 12.1. The lowest BCUT2D eigenvalue weighted by atomic mass is 10.1. The van der Waals surface area contributed by atoms with Crippen LogP contribution >= 0.6 is 0 Å². The van der Waals surface area contributed by atoms with E-state index in [2.05, 4.69) is 10.0 Å². The van der Waals surface area contributed by atoms with E-state index in [1.807, 2.05) is 25.1 Å². The number of ether oxygens (including phenoxy) is 1. The third-order valence-electron chi connectivity index (χ3n) is 3.61. The molecule has 0 unspecified atom stereocenters. The van der Waals surface area contributed by atoms with E-state index in [4.69, 9.17) is 4.74 Å². The first-order chi connectivity index (χ1) is 11.9. The molecule has 0 bridgehead atoms. The Morgan fingerprint density at radius 3 is 2.40 bits per heavy atom. The molecule has 6 nitrogen and oxygen atoms in total. The van der Waals surface area contributed by atoms with Crippen LogP contribution in [0.25, 0.3) is 0 Å². The van der Waals surface area contributed by atoms with Crippen molar-refractivity contribution in [3.63, 3.8) is 0 Å². The third kappa shape index (κ3) is 5.58. The van der Waals surface area contributed by atoms with Gasteiger partial charge in [-0.1, -0.05) is 35.9 Å². The highest BCUT2D eigenvalue weighted by Crippen LogP contribution is 2.17. The first-order valence-electron chi connectivity index (χ1n) is 7.87. The predicted molar refractivity (Wildman–Crippen MR) is 96.1 cm³/mol. The Kier molecular flexibility index (Phi) is 6.55. The Morgan fingerprint density at radius 2 is 1.72 bits per heavy atom. The molecule has 0 saturated carbocycles. The van der Waals surface area contributed by atoms with E-state index >= 15 is 0 Å². The zero-order valence-corrected chi connectivity index (χ0v) is 15.1. The molecule has 1 amide bonds. The van der Waals surface area contributed by atoms with Crippen molar-refractivity contribution < 1.29 is 17.9 Å². The quantitative estimate of drug-likeness (QED) is 0.699. The van der Waals surface area contributed by atoms with Crippen molar-refractivity contribution in [3.8, 4) is 5.75 Å². The number of para-hydroxylation sites is 1. The van der Waals surface area contributed by atoms with Gasteiger partial charge < -0.3 is 10.1 Å². The van der Waals surface area contributed by atoms with Gasteiger partial charge >= 0.3 is 0 Å². The largest absolute Gasteiger partial charge is 0.496 e. The topological polar surface area (TPSA) is 84.5 Å². The van der Waals surface area contributed by atoms with Crippen molar-refractivity contribution >= 4 is 15.9 Å². The molecule has 0 spiro atoms. The van der Waals surface area contributed by atoms with Crippen LogP contribution in [0.5, 0.6) is 5.75 Å². The smallest absolute Gasteiger partial charge is 0.240 e.